The number of ether oxygens (including phenoxy) is 1. The van der Waals surface area contributed by atoms with Gasteiger partial charge in [-0.05, 0) is 24.5 Å². The first-order valence-electron chi connectivity index (χ1n) is 10.8. The lowest BCUT2D eigenvalue weighted by atomic mass is 9.95. The van der Waals surface area contributed by atoms with Crippen LogP contribution >= 0.6 is 0 Å². The van der Waals surface area contributed by atoms with Crippen LogP contribution < -0.4 is 0 Å². The van der Waals surface area contributed by atoms with Crippen molar-refractivity contribution in [3.05, 3.63) is 42.0 Å². The standard InChI is InChI=1S/C23H33N3O4/c1-24(17-21(27)18-25-13-15-30-16-14-25)23(29)20-9-11-26(12-10-20)22(28)8-7-19-5-3-2-4-6-19/h2-8,20-21,27H,9-18H2,1H3/b8-7+. The molecule has 0 saturated carbocycles. The fourth-order valence-corrected chi connectivity index (χ4v) is 4.04. The first kappa shape index (κ1) is 22.5. The molecule has 2 fully saturated rings. The lowest BCUT2D eigenvalue weighted by molar-refractivity contribution is -0.139. The van der Waals surface area contributed by atoms with Gasteiger partial charge in [0, 0.05) is 58.3 Å². The van der Waals surface area contributed by atoms with Gasteiger partial charge in [0.2, 0.25) is 11.8 Å². The van der Waals surface area contributed by atoms with Gasteiger partial charge in [0.1, 0.15) is 0 Å². The van der Waals surface area contributed by atoms with Gasteiger partial charge in [0.25, 0.3) is 0 Å². The number of hydrogen-bond donors (Lipinski definition) is 1. The largest absolute Gasteiger partial charge is 0.390 e. The molecule has 1 aromatic rings. The highest BCUT2D eigenvalue weighted by molar-refractivity contribution is 5.92. The summed E-state index contributed by atoms with van der Waals surface area (Å²) in [6.45, 7) is 5.08. The number of hydrogen-bond acceptors (Lipinski definition) is 5. The maximum absolute atomic E-state index is 12.8. The summed E-state index contributed by atoms with van der Waals surface area (Å²) in [5, 5.41) is 10.4. The Morgan fingerprint density at radius 3 is 2.50 bits per heavy atom. The van der Waals surface area contributed by atoms with E-state index in [1.54, 1.807) is 22.9 Å². The normalized spacial score (nSPS) is 19.7. The van der Waals surface area contributed by atoms with Crippen LogP contribution in [-0.4, -0.2) is 97.3 Å². The van der Waals surface area contributed by atoms with Crippen LogP contribution in [0, 0.1) is 5.92 Å². The van der Waals surface area contributed by atoms with E-state index in [0.29, 0.717) is 52.2 Å². The van der Waals surface area contributed by atoms with Gasteiger partial charge in [0.05, 0.1) is 19.3 Å². The number of morpholine rings is 1. The molecule has 0 aliphatic carbocycles. The van der Waals surface area contributed by atoms with Crippen molar-refractivity contribution < 1.29 is 19.4 Å². The van der Waals surface area contributed by atoms with E-state index in [0.717, 1.165) is 18.7 Å². The van der Waals surface area contributed by atoms with Crippen molar-refractivity contribution in [2.75, 3.05) is 59.5 Å². The maximum atomic E-state index is 12.8. The molecule has 2 aliphatic heterocycles. The third-order valence-electron chi connectivity index (χ3n) is 5.81. The molecule has 164 valence electrons. The molecular formula is C23H33N3O4. The number of rotatable bonds is 7. The molecule has 1 aromatic carbocycles. The van der Waals surface area contributed by atoms with Crippen molar-refractivity contribution in [3.63, 3.8) is 0 Å². The molecule has 0 aromatic heterocycles. The maximum Gasteiger partial charge on any atom is 0.246 e. The van der Waals surface area contributed by atoms with E-state index in [4.69, 9.17) is 4.74 Å². The number of carbonyl (C=O) groups excluding carboxylic acids is 2. The van der Waals surface area contributed by atoms with Crippen LogP contribution in [0.1, 0.15) is 18.4 Å². The molecule has 2 heterocycles. The molecule has 0 radical (unpaired) electrons. The van der Waals surface area contributed by atoms with Gasteiger partial charge in [-0.3, -0.25) is 14.5 Å². The number of piperidine rings is 1. The van der Waals surface area contributed by atoms with Crippen molar-refractivity contribution in [2.45, 2.75) is 18.9 Å². The van der Waals surface area contributed by atoms with E-state index in [9.17, 15) is 14.7 Å². The summed E-state index contributed by atoms with van der Waals surface area (Å²) in [5.41, 5.74) is 0.994. The minimum Gasteiger partial charge on any atom is -0.390 e. The minimum atomic E-state index is -0.568. The highest BCUT2D eigenvalue weighted by atomic mass is 16.5. The number of amides is 2. The van der Waals surface area contributed by atoms with Crippen molar-refractivity contribution in [1.82, 2.24) is 14.7 Å². The predicted octanol–water partition coefficient (Wildman–Crippen LogP) is 1.09. The molecule has 30 heavy (non-hydrogen) atoms. The van der Waals surface area contributed by atoms with E-state index in [-0.39, 0.29) is 17.7 Å². The van der Waals surface area contributed by atoms with Crippen LogP contribution in [0.25, 0.3) is 6.08 Å². The third-order valence-corrected chi connectivity index (χ3v) is 5.81. The van der Waals surface area contributed by atoms with Gasteiger partial charge in [-0.25, -0.2) is 0 Å². The number of likely N-dealkylation sites (N-methyl/N-ethyl adjacent to an activating group) is 1. The summed E-state index contributed by atoms with van der Waals surface area (Å²) in [6, 6.07) is 9.74. The van der Waals surface area contributed by atoms with E-state index in [1.165, 1.54) is 0 Å². The van der Waals surface area contributed by atoms with Crippen LogP contribution in [0.5, 0.6) is 0 Å². The molecule has 7 heteroatoms. The van der Waals surface area contributed by atoms with E-state index < -0.39 is 6.10 Å². The van der Waals surface area contributed by atoms with Gasteiger partial charge in [-0.2, -0.15) is 0 Å². The Labute approximate surface area is 178 Å². The summed E-state index contributed by atoms with van der Waals surface area (Å²) in [6.07, 6.45) is 4.18. The van der Waals surface area contributed by atoms with Crippen molar-refractivity contribution in [2.24, 2.45) is 5.92 Å². The Bertz CT molecular complexity index is 710. The monoisotopic (exact) mass is 415 g/mol. The summed E-state index contributed by atoms with van der Waals surface area (Å²) >= 11 is 0. The number of likely N-dealkylation sites (tertiary alicyclic amines) is 1. The number of aliphatic hydroxyl groups excluding tert-OH is 1. The van der Waals surface area contributed by atoms with Crippen LogP contribution in [0.15, 0.2) is 36.4 Å². The summed E-state index contributed by atoms with van der Waals surface area (Å²) in [5.74, 6) is -0.0465. The molecule has 0 spiro atoms. The van der Waals surface area contributed by atoms with Crippen molar-refractivity contribution >= 4 is 17.9 Å². The summed E-state index contributed by atoms with van der Waals surface area (Å²) in [7, 11) is 1.75. The molecule has 2 aliphatic rings. The molecule has 3 rings (SSSR count). The van der Waals surface area contributed by atoms with Gasteiger partial charge in [-0.15, -0.1) is 0 Å². The third kappa shape index (κ3) is 6.65. The summed E-state index contributed by atoms with van der Waals surface area (Å²) in [4.78, 5) is 30.8. The Hall–Kier alpha value is -2.22. The first-order valence-corrected chi connectivity index (χ1v) is 10.8. The van der Waals surface area contributed by atoms with Gasteiger partial charge in [-0.1, -0.05) is 30.3 Å². The second-order valence-electron chi connectivity index (χ2n) is 8.13. The zero-order valence-electron chi connectivity index (χ0n) is 17.8. The molecule has 0 bridgehead atoms. The molecule has 2 amide bonds. The average Bonchev–Trinajstić information content (AvgIpc) is 2.78. The zero-order chi connectivity index (χ0) is 21.3. The van der Waals surface area contributed by atoms with Crippen molar-refractivity contribution in [3.8, 4) is 0 Å². The van der Waals surface area contributed by atoms with Crippen molar-refractivity contribution in [1.29, 1.82) is 0 Å². The number of nitrogens with zero attached hydrogens (tertiary/aromatic N) is 3. The van der Waals surface area contributed by atoms with Crippen LogP contribution in [0.3, 0.4) is 0 Å². The molecular weight excluding hydrogens is 382 g/mol. The van der Waals surface area contributed by atoms with Gasteiger partial charge < -0.3 is 19.6 Å². The molecule has 1 atom stereocenters. The highest BCUT2D eigenvalue weighted by Gasteiger charge is 2.29. The van der Waals surface area contributed by atoms with Crippen LogP contribution in [-0.2, 0) is 14.3 Å². The minimum absolute atomic E-state index is 0.0148. The number of benzene rings is 1. The number of β-amino-alcohol motifs (C(OH)–C–C–N with tert-alkyl or cyclic N) is 1. The molecule has 2 saturated heterocycles. The Kier molecular flexibility index (Phi) is 8.42. The number of aliphatic hydroxyl groups is 1. The fourth-order valence-electron chi connectivity index (χ4n) is 4.04. The second-order valence-corrected chi connectivity index (χ2v) is 8.13. The highest BCUT2D eigenvalue weighted by Crippen LogP contribution is 2.20. The topological polar surface area (TPSA) is 73.3 Å². The lowest BCUT2D eigenvalue weighted by Crippen LogP contribution is -2.47. The number of carbonyl (C=O) groups is 2. The van der Waals surface area contributed by atoms with Gasteiger partial charge in [0.15, 0.2) is 0 Å². The van der Waals surface area contributed by atoms with Crippen LogP contribution in [0.4, 0.5) is 0 Å². The summed E-state index contributed by atoms with van der Waals surface area (Å²) < 4.78 is 5.32. The Morgan fingerprint density at radius 2 is 1.83 bits per heavy atom. The quantitative estimate of drug-likeness (QED) is 0.675. The molecule has 1 N–H and O–H groups in total. The average molecular weight is 416 g/mol. The van der Waals surface area contributed by atoms with E-state index in [2.05, 4.69) is 4.90 Å². The van der Waals surface area contributed by atoms with E-state index in [1.807, 2.05) is 36.4 Å². The van der Waals surface area contributed by atoms with E-state index >= 15 is 0 Å². The second kappa shape index (κ2) is 11.2. The van der Waals surface area contributed by atoms with Gasteiger partial charge >= 0.3 is 0 Å². The fraction of sp³-hybridized carbons (Fsp3) is 0.565. The Balaban J connectivity index is 1.40. The Morgan fingerprint density at radius 1 is 1.17 bits per heavy atom. The first-order chi connectivity index (χ1) is 14.5. The van der Waals surface area contributed by atoms with Crippen LogP contribution in [0.2, 0.25) is 0 Å². The SMILES string of the molecule is CN(CC(O)CN1CCOCC1)C(=O)C1CCN(C(=O)/C=C/c2ccccc2)CC1. The predicted molar refractivity (Wildman–Crippen MR) is 116 cm³/mol. The molecule has 7 nitrogen and oxygen atoms in total. The molecule has 1 unspecified atom stereocenters. The zero-order valence-corrected chi connectivity index (χ0v) is 17.8. The lowest BCUT2D eigenvalue weighted by Gasteiger charge is -2.34. The smallest absolute Gasteiger partial charge is 0.246 e.